The molecule has 7 heteroatoms. The van der Waals surface area contributed by atoms with Gasteiger partial charge < -0.3 is 19.5 Å². The van der Waals surface area contributed by atoms with Gasteiger partial charge in [0.15, 0.2) is 11.5 Å². The Morgan fingerprint density at radius 1 is 1.03 bits per heavy atom. The molecule has 162 valence electrons. The summed E-state index contributed by atoms with van der Waals surface area (Å²) in [5.74, 6) is -0.586. The standard InChI is InChI=1S/C24H26N2O5/c1-30-18-12-11-15(14-19(18)31-2)22(27)20-21(17-10-6-7-13-25-17)26(24(29)23(20)28)16-8-4-3-5-9-16/h6-7,10-14,16,21,27H,3-5,8-9H2,1-2H3/b22-20-. The number of amides is 1. The number of rotatable bonds is 5. The van der Waals surface area contributed by atoms with Crippen LogP contribution in [0.5, 0.6) is 11.5 Å². The molecule has 4 rings (SSSR count). The molecule has 31 heavy (non-hydrogen) atoms. The molecule has 1 amide bonds. The molecule has 2 aromatic rings. The van der Waals surface area contributed by atoms with Crippen LogP contribution < -0.4 is 9.47 Å². The molecule has 1 aliphatic carbocycles. The first-order valence-corrected chi connectivity index (χ1v) is 10.5. The van der Waals surface area contributed by atoms with E-state index < -0.39 is 17.7 Å². The summed E-state index contributed by atoms with van der Waals surface area (Å²) in [4.78, 5) is 32.3. The minimum absolute atomic E-state index is 0.0482. The third kappa shape index (κ3) is 3.76. The molecule has 2 fully saturated rings. The van der Waals surface area contributed by atoms with Crippen LogP contribution in [0.25, 0.3) is 5.76 Å². The molecule has 0 spiro atoms. The second-order valence-corrected chi connectivity index (χ2v) is 7.82. The molecular weight excluding hydrogens is 396 g/mol. The van der Waals surface area contributed by atoms with Crippen molar-refractivity contribution in [3.05, 3.63) is 59.4 Å². The summed E-state index contributed by atoms with van der Waals surface area (Å²) in [5.41, 5.74) is 0.996. The first kappa shape index (κ1) is 20.9. The quantitative estimate of drug-likeness (QED) is 0.447. The van der Waals surface area contributed by atoms with Gasteiger partial charge in [0, 0.05) is 17.8 Å². The maximum absolute atomic E-state index is 13.1. The number of carbonyl (C=O) groups is 2. The maximum Gasteiger partial charge on any atom is 0.295 e. The fourth-order valence-electron chi connectivity index (χ4n) is 4.55. The van der Waals surface area contributed by atoms with Gasteiger partial charge in [-0.2, -0.15) is 0 Å². The molecule has 1 N–H and O–H groups in total. The molecule has 1 aliphatic heterocycles. The topological polar surface area (TPSA) is 89.0 Å². The van der Waals surface area contributed by atoms with Crippen molar-refractivity contribution >= 4 is 17.4 Å². The first-order valence-electron chi connectivity index (χ1n) is 10.5. The monoisotopic (exact) mass is 422 g/mol. The summed E-state index contributed by atoms with van der Waals surface area (Å²) < 4.78 is 10.6. The Morgan fingerprint density at radius 3 is 2.42 bits per heavy atom. The lowest BCUT2D eigenvalue weighted by atomic mass is 9.92. The molecule has 0 bridgehead atoms. The molecule has 1 aromatic carbocycles. The molecule has 2 heterocycles. The SMILES string of the molecule is COc1ccc(/C(O)=C2/C(=O)C(=O)N(C3CCCCC3)C2c2ccccn2)cc1OC. The number of aliphatic hydroxyl groups excluding tert-OH is 1. The fourth-order valence-corrected chi connectivity index (χ4v) is 4.55. The number of ketones is 1. The average molecular weight is 422 g/mol. The third-order valence-electron chi connectivity index (χ3n) is 6.07. The lowest BCUT2D eigenvalue weighted by Crippen LogP contribution is -2.40. The van der Waals surface area contributed by atoms with Gasteiger partial charge in [0.2, 0.25) is 0 Å². The highest BCUT2D eigenvalue weighted by Crippen LogP contribution is 2.43. The molecule has 1 atom stereocenters. The van der Waals surface area contributed by atoms with Crippen molar-refractivity contribution in [3.63, 3.8) is 0 Å². The van der Waals surface area contributed by atoms with E-state index >= 15 is 0 Å². The maximum atomic E-state index is 13.1. The van der Waals surface area contributed by atoms with Crippen LogP contribution >= 0.6 is 0 Å². The number of aliphatic hydroxyl groups is 1. The van der Waals surface area contributed by atoms with Gasteiger partial charge in [0.25, 0.3) is 11.7 Å². The van der Waals surface area contributed by atoms with Crippen molar-refractivity contribution in [1.82, 2.24) is 9.88 Å². The highest BCUT2D eigenvalue weighted by Gasteiger charge is 2.49. The summed E-state index contributed by atoms with van der Waals surface area (Å²) >= 11 is 0. The van der Waals surface area contributed by atoms with E-state index in [0.29, 0.717) is 22.8 Å². The predicted octanol–water partition coefficient (Wildman–Crippen LogP) is 3.85. The minimum atomic E-state index is -0.725. The molecule has 1 aromatic heterocycles. The summed E-state index contributed by atoms with van der Waals surface area (Å²) in [6.07, 6.45) is 6.46. The number of ether oxygens (including phenoxy) is 2. The largest absolute Gasteiger partial charge is 0.507 e. The van der Waals surface area contributed by atoms with E-state index in [4.69, 9.17) is 9.47 Å². The smallest absolute Gasteiger partial charge is 0.295 e. The van der Waals surface area contributed by atoms with Crippen LogP contribution in [-0.2, 0) is 9.59 Å². The van der Waals surface area contributed by atoms with Gasteiger partial charge in [-0.3, -0.25) is 14.6 Å². The predicted molar refractivity (Wildman–Crippen MR) is 115 cm³/mol. The van der Waals surface area contributed by atoms with Crippen LogP contribution in [-0.4, -0.2) is 46.9 Å². The highest BCUT2D eigenvalue weighted by atomic mass is 16.5. The number of carbonyl (C=O) groups excluding carboxylic acids is 2. The van der Waals surface area contributed by atoms with Crippen molar-refractivity contribution < 1.29 is 24.2 Å². The summed E-state index contributed by atoms with van der Waals surface area (Å²) in [7, 11) is 3.02. The molecule has 1 saturated carbocycles. The van der Waals surface area contributed by atoms with Gasteiger partial charge in [0.05, 0.1) is 25.5 Å². The number of methoxy groups -OCH3 is 2. The third-order valence-corrected chi connectivity index (χ3v) is 6.07. The molecular formula is C24H26N2O5. The molecule has 1 unspecified atom stereocenters. The Labute approximate surface area is 181 Å². The summed E-state index contributed by atoms with van der Waals surface area (Å²) in [6, 6.07) is 9.50. The number of likely N-dealkylation sites (tertiary alicyclic amines) is 1. The number of hydrogen-bond donors (Lipinski definition) is 1. The Kier molecular flexibility index (Phi) is 5.93. The van der Waals surface area contributed by atoms with E-state index in [1.165, 1.54) is 14.2 Å². The molecule has 0 radical (unpaired) electrons. The van der Waals surface area contributed by atoms with Crippen molar-refractivity contribution in [1.29, 1.82) is 0 Å². The van der Waals surface area contributed by atoms with Crippen LogP contribution in [0.1, 0.15) is 49.4 Å². The lowest BCUT2D eigenvalue weighted by Gasteiger charge is -2.35. The van der Waals surface area contributed by atoms with Crippen LogP contribution in [0.4, 0.5) is 0 Å². The van der Waals surface area contributed by atoms with Gasteiger partial charge in [0.1, 0.15) is 11.8 Å². The van der Waals surface area contributed by atoms with Crippen LogP contribution in [0.2, 0.25) is 0 Å². The number of pyridine rings is 1. The summed E-state index contributed by atoms with van der Waals surface area (Å²) in [6.45, 7) is 0. The number of hydrogen-bond acceptors (Lipinski definition) is 6. The number of Topliss-reactive ketones (excluding diaryl/α,β-unsaturated/α-hetero) is 1. The second-order valence-electron chi connectivity index (χ2n) is 7.82. The van der Waals surface area contributed by atoms with E-state index in [-0.39, 0.29) is 17.4 Å². The summed E-state index contributed by atoms with van der Waals surface area (Å²) in [5, 5.41) is 11.2. The Balaban J connectivity index is 1.86. The normalized spacial score (nSPS) is 21.4. The van der Waals surface area contributed by atoms with Crippen molar-refractivity contribution in [2.24, 2.45) is 0 Å². The van der Waals surface area contributed by atoms with Crippen molar-refractivity contribution in [3.8, 4) is 11.5 Å². The Bertz CT molecular complexity index is 1010. The van der Waals surface area contributed by atoms with Crippen LogP contribution in [0.3, 0.4) is 0 Å². The van der Waals surface area contributed by atoms with E-state index in [1.54, 1.807) is 41.4 Å². The Hall–Kier alpha value is -3.35. The second kappa shape index (κ2) is 8.79. The number of benzene rings is 1. The number of nitrogens with zero attached hydrogens (tertiary/aromatic N) is 2. The minimum Gasteiger partial charge on any atom is -0.507 e. The van der Waals surface area contributed by atoms with Gasteiger partial charge in [-0.25, -0.2) is 0 Å². The van der Waals surface area contributed by atoms with Gasteiger partial charge in [-0.1, -0.05) is 25.3 Å². The molecule has 7 nitrogen and oxygen atoms in total. The number of aromatic nitrogens is 1. The van der Waals surface area contributed by atoms with Gasteiger partial charge >= 0.3 is 0 Å². The van der Waals surface area contributed by atoms with Crippen molar-refractivity contribution in [2.75, 3.05) is 14.2 Å². The van der Waals surface area contributed by atoms with Gasteiger partial charge in [-0.05, 0) is 43.2 Å². The average Bonchev–Trinajstić information content (AvgIpc) is 3.09. The molecule has 2 aliphatic rings. The Morgan fingerprint density at radius 2 is 1.77 bits per heavy atom. The zero-order valence-corrected chi connectivity index (χ0v) is 17.7. The van der Waals surface area contributed by atoms with E-state index in [1.807, 2.05) is 6.07 Å². The van der Waals surface area contributed by atoms with Crippen LogP contribution in [0, 0.1) is 0 Å². The van der Waals surface area contributed by atoms with E-state index in [9.17, 15) is 14.7 Å². The molecule has 1 saturated heterocycles. The van der Waals surface area contributed by atoms with Crippen LogP contribution in [0.15, 0.2) is 48.2 Å². The zero-order valence-electron chi connectivity index (χ0n) is 17.7. The lowest BCUT2D eigenvalue weighted by molar-refractivity contribution is -0.141. The van der Waals surface area contributed by atoms with E-state index in [2.05, 4.69) is 4.98 Å². The highest BCUT2D eigenvalue weighted by molar-refractivity contribution is 6.46. The first-order chi connectivity index (χ1) is 15.1. The van der Waals surface area contributed by atoms with E-state index in [0.717, 1.165) is 32.1 Å². The zero-order chi connectivity index (χ0) is 22.0. The fraction of sp³-hybridized carbons (Fsp3) is 0.375. The van der Waals surface area contributed by atoms with Crippen molar-refractivity contribution in [2.45, 2.75) is 44.2 Å². The van der Waals surface area contributed by atoms with Gasteiger partial charge in [-0.15, -0.1) is 0 Å².